The van der Waals surface area contributed by atoms with E-state index in [0.717, 1.165) is 28.2 Å². The predicted octanol–water partition coefficient (Wildman–Crippen LogP) is 3.53. The van der Waals surface area contributed by atoms with Gasteiger partial charge in [0.25, 0.3) is 0 Å². The molecule has 0 aliphatic rings. The Morgan fingerprint density at radius 1 is 0.958 bits per heavy atom. The van der Waals surface area contributed by atoms with Crippen molar-refractivity contribution in [2.24, 2.45) is 0 Å². The molecule has 0 unspecified atom stereocenters. The lowest BCUT2D eigenvalue weighted by Gasteiger charge is -1.99. The molecule has 7 heteroatoms. The highest BCUT2D eigenvalue weighted by Crippen LogP contribution is 2.24. The molecule has 0 amide bonds. The highest BCUT2D eigenvalue weighted by molar-refractivity contribution is 7.90. The van der Waals surface area contributed by atoms with E-state index in [-0.39, 0.29) is 0 Å². The molecule has 0 radical (unpaired) electrons. The third-order valence-corrected chi connectivity index (χ3v) is 5.47. The van der Waals surface area contributed by atoms with Gasteiger partial charge in [-0.2, -0.15) is 0 Å². The van der Waals surface area contributed by atoms with Gasteiger partial charge < -0.3 is 4.40 Å². The molecule has 5 nitrogen and oxygen atoms in total. The minimum absolute atomic E-state index is 0.306. The summed E-state index contributed by atoms with van der Waals surface area (Å²) in [5, 5.41) is 2.00. The monoisotopic (exact) mass is 355 g/mol. The van der Waals surface area contributed by atoms with E-state index in [4.69, 9.17) is 0 Å². The number of imidazole rings is 1. The highest BCUT2D eigenvalue weighted by Gasteiger charge is 2.09. The Kier molecular flexibility index (Phi) is 3.47. The van der Waals surface area contributed by atoms with Crippen LogP contribution in [0.4, 0.5) is 0 Å². The Balaban J connectivity index is 1.75. The normalized spacial score (nSPS) is 11.9. The fraction of sp³-hybridized carbons (Fsp3) is 0.0588. The van der Waals surface area contributed by atoms with Crippen molar-refractivity contribution in [1.29, 1.82) is 0 Å². The van der Waals surface area contributed by atoms with Gasteiger partial charge in [-0.15, -0.1) is 11.3 Å². The Morgan fingerprint density at radius 2 is 1.71 bits per heavy atom. The molecule has 24 heavy (non-hydrogen) atoms. The van der Waals surface area contributed by atoms with E-state index in [2.05, 4.69) is 9.97 Å². The number of rotatable bonds is 3. The molecule has 3 heterocycles. The molecule has 0 spiro atoms. The molecule has 120 valence electrons. The van der Waals surface area contributed by atoms with Crippen LogP contribution in [-0.2, 0) is 9.84 Å². The van der Waals surface area contributed by atoms with E-state index in [9.17, 15) is 8.42 Å². The summed E-state index contributed by atoms with van der Waals surface area (Å²) < 4.78 is 25.0. The number of hydrogen-bond donors (Lipinski definition) is 0. The summed E-state index contributed by atoms with van der Waals surface area (Å²) in [6.07, 6.45) is 5.12. The van der Waals surface area contributed by atoms with Crippen molar-refractivity contribution in [3.63, 3.8) is 0 Å². The maximum absolute atomic E-state index is 11.5. The summed E-state index contributed by atoms with van der Waals surface area (Å²) in [5.41, 5.74) is 6.28. The first kappa shape index (κ1) is 15.0. The SMILES string of the molecule is CS(=O)(=O)c1ccc(-c2cn3cc(-c4cscn4)ccc3n2)cc1. The van der Waals surface area contributed by atoms with Gasteiger partial charge in [0.05, 0.1) is 21.8 Å². The van der Waals surface area contributed by atoms with Crippen molar-refractivity contribution in [3.05, 3.63) is 59.7 Å². The van der Waals surface area contributed by atoms with Crippen molar-refractivity contribution >= 4 is 26.8 Å². The fourth-order valence-corrected chi connectivity index (χ4v) is 3.70. The number of sulfone groups is 1. The van der Waals surface area contributed by atoms with Gasteiger partial charge in [0.1, 0.15) is 5.65 Å². The van der Waals surface area contributed by atoms with Crippen LogP contribution >= 0.6 is 11.3 Å². The summed E-state index contributed by atoms with van der Waals surface area (Å²) in [7, 11) is -3.19. The standard InChI is InChI=1S/C17H13N3O2S2/c1-24(21,22)14-5-2-12(3-6-14)15-9-20-8-13(4-7-17(20)19-15)16-10-23-11-18-16/h2-11H,1H3. The van der Waals surface area contributed by atoms with Crippen LogP contribution in [0.3, 0.4) is 0 Å². The van der Waals surface area contributed by atoms with Crippen LogP contribution < -0.4 is 0 Å². The van der Waals surface area contributed by atoms with Gasteiger partial charge in [0, 0.05) is 35.2 Å². The van der Waals surface area contributed by atoms with Crippen LogP contribution in [0.25, 0.3) is 28.2 Å². The summed E-state index contributed by atoms with van der Waals surface area (Å²) in [6.45, 7) is 0. The maximum Gasteiger partial charge on any atom is 0.175 e. The molecule has 0 aliphatic heterocycles. The number of aromatic nitrogens is 3. The molecular weight excluding hydrogens is 342 g/mol. The van der Waals surface area contributed by atoms with Gasteiger partial charge in [-0.3, -0.25) is 0 Å². The molecule has 0 fully saturated rings. The summed E-state index contributed by atoms with van der Waals surface area (Å²) in [5.74, 6) is 0. The Hall–Kier alpha value is -2.51. The van der Waals surface area contributed by atoms with E-state index in [1.165, 1.54) is 6.26 Å². The molecule has 3 aromatic heterocycles. The molecule has 0 atom stereocenters. The third-order valence-electron chi connectivity index (χ3n) is 3.76. The van der Waals surface area contributed by atoms with E-state index in [1.807, 2.05) is 39.8 Å². The molecule has 1 aromatic carbocycles. The van der Waals surface area contributed by atoms with Gasteiger partial charge in [0.15, 0.2) is 9.84 Å². The molecule has 0 saturated heterocycles. The zero-order valence-electron chi connectivity index (χ0n) is 12.7. The number of pyridine rings is 1. The minimum Gasteiger partial charge on any atom is -0.306 e. The number of thiazole rings is 1. The molecule has 0 aliphatic carbocycles. The molecule has 0 bridgehead atoms. The average molecular weight is 355 g/mol. The second kappa shape index (κ2) is 5.54. The molecule has 4 rings (SSSR count). The number of hydrogen-bond acceptors (Lipinski definition) is 5. The number of benzene rings is 1. The Morgan fingerprint density at radius 3 is 2.38 bits per heavy atom. The lowest BCUT2D eigenvalue weighted by molar-refractivity contribution is 0.602. The zero-order chi connectivity index (χ0) is 16.7. The predicted molar refractivity (Wildman–Crippen MR) is 94.8 cm³/mol. The van der Waals surface area contributed by atoms with Crippen LogP contribution in [-0.4, -0.2) is 29.0 Å². The number of fused-ring (bicyclic) bond motifs is 1. The fourth-order valence-electron chi connectivity index (χ4n) is 2.51. The van der Waals surface area contributed by atoms with E-state index < -0.39 is 9.84 Å². The molecule has 4 aromatic rings. The Bertz CT molecular complexity index is 1110. The molecule has 0 saturated carbocycles. The first-order valence-corrected chi connectivity index (χ1v) is 10.0. The van der Waals surface area contributed by atoms with Crippen LogP contribution in [0.2, 0.25) is 0 Å². The van der Waals surface area contributed by atoms with Crippen molar-refractivity contribution in [2.45, 2.75) is 4.90 Å². The average Bonchev–Trinajstić information content (AvgIpc) is 3.23. The smallest absolute Gasteiger partial charge is 0.175 e. The minimum atomic E-state index is -3.19. The molecule has 0 N–H and O–H groups in total. The largest absolute Gasteiger partial charge is 0.306 e. The van der Waals surface area contributed by atoms with Crippen LogP contribution in [0, 0.1) is 0 Å². The quantitative estimate of drug-likeness (QED) is 0.564. The van der Waals surface area contributed by atoms with Gasteiger partial charge in [0.2, 0.25) is 0 Å². The summed E-state index contributed by atoms with van der Waals surface area (Å²) >= 11 is 1.56. The van der Waals surface area contributed by atoms with Gasteiger partial charge in [-0.1, -0.05) is 12.1 Å². The van der Waals surface area contributed by atoms with Crippen molar-refractivity contribution in [2.75, 3.05) is 6.26 Å². The zero-order valence-corrected chi connectivity index (χ0v) is 14.4. The second-order valence-corrected chi connectivity index (χ2v) is 8.21. The van der Waals surface area contributed by atoms with Crippen molar-refractivity contribution in [3.8, 4) is 22.5 Å². The topological polar surface area (TPSA) is 64.3 Å². The van der Waals surface area contributed by atoms with Crippen molar-refractivity contribution < 1.29 is 8.42 Å². The highest BCUT2D eigenvalue weighted by atomic mass is 32.2. The first-order valence-electron chi connectivity index (χ1n) is 7.18. The summed E-state index contributed by atoms with van der Waals surface area (Å²) in [4.78, 5) is 9.22. The van der Waals surface area contributed by atoms with E-state index in [0.29, 0.717) is 4.90 Å². The van der Waals surface area contributed by atoms with Gasteiger partial charge in [-0.05, 0) is 24.3 Å². The van der Waals surface area contributed by atoms with Gasteiger partial charge >= 0.3 is 0 Å². The van der Waals surface area contributed by atoms with E-state index >= 15 is 0 Å². The van der Waals surface area contributed by atoms with Crippen LogP contribution in [0.1, 0.15) is 0 Å². The van der Waals surface area contributed by atoms with Crippen LogP contribution in [0.15, 0.2) is 64.6 Å². The molecular formula is C17H13N3O2S2. The Labute approximate surface area is 143 Å². The van der Waals surface area contributed by atoms with Crippen molar-refractivity contribution in [1.82, 2.24) is 14.4 Å². The number of nitrogens with zero attached hydrogens (tertiary/aromatic N) is 3. The second-order valence-electron chi connectivity index (χ2n) is 5.48. The lowest BCUT2D eigenvalue weighted by atomic mass is 10.2. The van der Waals surface area contributed by atoms with E-state index in [1.54, 1.807) is 35.6 Å². The van der Waals surface area contributed by atoms with Crippen LogP contribution in [0.5, 0.6) is 0 Å². The first-order chi connectivity index (χ1) is 11.5. The summed E-state index contributed by atoms with van der Waals surface area (Å²) in [6, 6.07) is 10.7. The van der Waals surface area contributed by atoms with Gasteiger partial charge in [-0.25, -0.2) is 18.4 Å². The lowest BCUT2D eigenvalue weighted by Crippen LogP contribution is -1.96. The third kappa shape index (κ3) is 2.72. The maximum atomic E-state index is 11.5.